The van der Waals surface area contributed by atoms with Crippen molar-refractivity contribution in [3.8, 4) is 0 Å². The molecule has 10 heavy (non-hydrogen) atoms. The third-order valence-electron chi connectivity index (χ3n) is 2.43. The summed E-state index contributed by atoms with van der Waals surface area (Å²) in [6, 6.07) is 0. The molecule has 1 atom stereocenters. The van der Waals surface area contributed by atoms with E-state index in [-0.39, 0.29) is 0 Å². The quantitative estimate of drug-likeness (QED) is 0.579. The molecule has 0 N–H and O–H groups in total. The lowest BCUT2D eigenvalue weighted by atomic mass is 10.0. The van der Waals surface area contributed by atoms with Gasteiger partial charge in [0.2, 0.25) is 0 Å². The molecule has 0 aromatic carbocycles. The van der Waals surface area contributed by atoms with Crippen LogP contribution in [0.3, 0.4) is 0 Å². The van der Waals surface area contributed by atoms with E-state index in [1.807, 2.05) is 0 Å². The molecule has 1 saturated heterocycles. The number of hydrogen-bond acceptors (Lipinski definition) is 1. The van der Waals surface area contributed by atoms with Crippen molar-refractivity contribution in [1.82, 2.24) is 4.90 Å². The van der Waals surface area contributed by atoms with E-state index in [0.717, 1.165) is 12.3 Å². The van der Waals surface area contributed by atoms with Crippen LogP contribution in [0, 0.1) is 12.8 Å². The van der Waals surface area contributed by atoms with Gasteiger partial charge in [-0.1, -0.05) is 20.3 Å². The molecule has 1 unspecified atom stereocenters. The van der Waals surface area contributed by atoms with Gasteiger partial charge >= 0.3 is 0 Å². The van der Waals surface area contributed by atoms with E-state index in [1.54, 1.807) is 0 Å². The minimum Gasteiger partial charge on any atom is -0.303 e. The fraction of sp³-hybridized carbons (Fsp3) is 0.889. The summed E-state index contributed by atoms with van der Waals surface area (Å²) in [6.07, 6.45) is 3.85. The van der Waals surface area contributed by atoms with Crippen LogP contribution in [-0.2, 0) is 0 Å². The standard InChI is InChI=1S/C9H18N/c1-3-5-9-6-7-10(4-2)8-9/h9H,1,3-8H2,2H3. The second-order valence-corrected chi connectivity index (χ2v) is 3.19. The van der Waals surface area contributed by atoms with E-state index in [1.165, 1.54) is 32.5 Å². The van der Waals surface area contributed by atoms with E-state index in [4.69, 9.17) is 0 Å². The average Bonchev–Trinajstić information content (AvgIpc) is 2.37. The Morgan fingerprint density at radius 3 is 2.90 bits per heavy atom. The number of hydrogen-bond donors (Lipinski definition) is 0. The van der Waals surface area contributed by atoms with Crippen LogP contribution in [0.1, 0.15) is 26.2 Å². The van der Waals surface area contributed by atoms with Crippen LogP contribution in [0.25, 0.3) is 0 Å². The first-order chi connectivity index (χ1) is 4.86. The maximum Gasteiger partial charge on any atom is 0.00100 e. The Kier molecular flexibility index (Phi) is 3.20. The molecule has 1 radical (unpaired) electrons. The molecular formula is C9H18N. The summed E-state index contributed by atoms with van der Waals surface area (Å²) in [5.41, 5.74) is 0. The first kappa shape index (κ1) is 8.06. The van der Waals surface area contributed by atoms with Gasteiger partial charge in [-0.05, 0) is 31.8 Å². The normalized spacial score (nSPS) is 27.6. The van der Waals surface area contributed by atoms with Gasteiger partial charge in [-0.15, -0.1) is 0 Å². The first-order valence-electron chi connectivity index (χ1n) is 4.38. The highest BCUT2D eigenvalue weighted by atomic mass is 15.1. The van der Waals surface area contributed by atoms with Crippen LogP contribution in [0.4, 0.5) is 0 Å². The fourth-order valence-electron chi connectivity index (χ4n) is 1.72. The second-order valence-electron chi connectivity index (χ2n) is 3.19. The van der Waals surface area contributed by atoms with Gasteiger partial charge in [0.05, 0.1) is 0 Å². The lowest BCUT2D eigenvalue weighted by Gasteiger charge is -2.11. The van der Waals surface area contributed by atoms with Crippen molar-refractivity contribution in [3.63, 3.8) is 0 Å². The molecule has 0 aliphatic carbocycles. The Bertz CT molecular complexity index is 90.7. The summed E-state index contributed by atoms with van der Waals surface area (Å²) in [6.45, 7) is 10.00. The summed E-state index contributed by atoms with van der Waals surface area (Å²) in [5.74, 6) is 0.956. The summed E-state index contributed by atoms with van der Waals surface area (Å²) < 4.78 is 0. The molecular weight excluding hydrogens is 122 g/mol. The van der Waals surface area contributed by atoms with Crippen molar-refractivity contribution in [1.29, 1.82) is 0 Å². The molecule has 59 valence electrons. The largest absolute Gasteiger partial charge is 0.303 e. The van der Waals surface area contributed by atoms with Crippen LogP contribution in [0.2, 0.25) is 0 Å². The Morgan fingerprint density at radius 1 is 1.60 bits per heavy atom. The van der Waals surface area contributed by atoms with Gasteiger partial charge < -0.3 is 4.90 Å². The van der Waals surface area contributed by atoms with E-state index >= 15 is 0 Å². The Labute approximate surface area is 64.4 Å². The molecule has 1 heterocycles. The predicted molar refractivity (Wildman–Crippen MR) is 44.8 cm³/mol. The van der Waals surface area contributed by atoms with Crippen LogP contribution in [0.15, 0.2) is 0 Å². The predicted octanol–water partition coefficient (Wildman–Crippen LogP) is 1.94. The molecule has 0 amide bonds. The SMILES string of the molecule is [CH2]CCC1CCN(CC)C1. The molecule has 0 spiro atoms. The highest BCUT2D eigenvalue weighted by Gasteiger charge is 2.19. The van der Waals surface area contributed by atoms with Crippen molar-refractivity contribution in [2.75, 3.05) is 19.6 Å². The molecule has 1 aliphatic rings. The van der Waals surface area contributed by atoms with Crippen LogP contribution in [0.5, 0.6) is 0 Å². The zero-order valence-corrected chi connectivity index (χ0v) is 6.97. The minimum absolute atomic E-state index is 0.956. The third kappa shape index (κ3) is 1.98. The molecule has 1 rings (SSSR count). The fourth-order valence-corrected chi connectivity index (χ4v) is 1.72. The van der Waals surface area contributed by atoms with Gasteiger partial charge in [0.1, 0.15) is 0 Å². The molecule has 0 aromatic heterocycles. The van der Waals surface area contributed by atoms with Gasteiger partial charge in [0.15, 0.2) is 0 Å². The van der Waals surface area contributed by atoms with Crippen molar-refractivity contribution in [2.24, 2.45) is 5.92 Å². The molecule has 1 fully saturated rings. The molecule has 0 aromatic rings. The van der Waals surface area contributed by atoms with Gasteiger partial charge in [-0.2, -0.15) is 0 Å². The summed E-state index contributed by atoms with van der Waals surface area (Å²) >= 11 is 0. The number of nitrogens with zero attached hydrogens (tertiary/aromatic N) is 1. The Morgan fingerprint density at radius 2 is 2.40 bits per heavy atom. The third-order valence-corrected chi connectivity index (χ3v) is 2.43. The highest BCUT2D eigenvalue weighted by molar-refractivity contribution is 4.74. The van der Waals surface area contributed by atoms with Crippen LogP contribution in [-0.4, -0.2) is 24.5 Å². The van der Waals surface area contributed by atoms with E-state index in [2.05, 4.69) is 18.7 Å². The van der Waals surface area contributed by atoms with E-state index in [9.17, 15) is 0 Å². The smallest absolute Gasteiger partial charge is 0.00100 e. The summed E-state index contributed by atoms with van der Waals surface area (Å²) in [7, 11) is 0. The minimum atomic E-state index is 0.956. The highest BCUT2D eigenvalue weighted by Crippen LogP contribution is 2.19. The van der Waals surface area contributed by atoms with Crippen molar-refractivity contribution < 1.29 is 0 Å². The average molecular weight is 140 g/mol. The zero-order valence-electron chi connectivity index (χ0n) is 6.97. The number of likely N-dealkylation sites (tertiary alicyclic amines) is 1. The summed E-state index contributed by atoms with van der Waals surface area (Å²) in [4.78, 5) is 2.53. The van der Waals surface area contributed by atoms with Crippen molar-refractivity contribution in [3.05, 3.63) is 6.92 Å². The summed E-state index contributed by atoms with van der Waals surface area (Å²) in [5, 5.41) is 0. The van der Waals surface area contributed by atoms with Crippen molar-refractivity contribution >= 4 is 0 Å². The lowest BCUT2D eigenvalue weighted by Crippen LogP contribution is -2.19. The van der Waals surface area contributed by atoms with Crippen LogP contribution >= 0.6 is 0 Å². The van der Waals surface area contributed by atoms with Gasteiger partial charge in [-0.25, -0.2) is 0 Å². The molecule has 0 saturated carbocycles. The number of rotatable bonds is 3. The topological polar surface area (TPSA) is 3.24 Å². The van der Waals surface area contributed by atoms with Gasteiger partial charge in [-0.3, -0.25) is 0 Å². The zero-order chi connectivity index (χ0) is 7.40. The monoisotopic (exact) mass is 140 g/mol. The first-order valence-corrected chi connectivity index (χ1v) is 4.38. The Balaban J connectivity index is 2.15. The lowest BCUT2D eigenvalue weighted by molar-refractivity contribution is 0.338. The maximum atomic E-state index is 3.88. The molecule has 1 aliphatic heterocycles. The van der Waals surface area contributed by atoms with E-state index < -0.39 is 0 Å². The maximum absolute atomic E-state index is 3.88. The molecule has 1 heteroatoms. The molecule has 0 bridgehead atoms. The second kappa shape index (κ2) is 3.97. The van der Waals surface area contributed by atoms with Crippen LogP contribution < -0.4 is 0 Å². The Hall–Kier alpha value is -0.0400. The van der Waals surface area contributed by atoms with Gasteiger partial charge in [0, 0.05) is 6.54 Å². The van der Waals surface area contributed by atoms with E-state index in [0.29, 0.717) is 0 Å². The van der Waals surface area contributed by atoms with Gasteiger partial charge in [0.25, 0.3) is 0 Å². The molecule has 1 nitrogen and oxygen atoms in total. The van der Waals surface area contributed by atoms with Crippen molar-refractivity contribution in [2.45, 2.75) is 26.2 Å².